The van der Waals surface area contributed by atoms with E-state index in [0.717, 1.165) is 18.6 Å². The molecule has 1 aliphatic rings. The molecule has 0 N–H and O–H groups in total. The van der Waals surface area contributed by atoms with Gasteiger partial charge in [-0.2, -0.15) is 5.26 Å². The molecule has 1 aromatic heterocycles. The van der Waals surface area contributed by atoms with Gasteiger partial charge in [-0.25, -0.2) is 0 Å². The van der Waals surface area contributed by atoms with Crippen molar-refractivity contribution in [1.29, 1.82) is 5.26 Å². The van der Waals surface area contributed by atoms with E-state index in [4.69, 9.17) is 10.00 Å². The largest absolute Gasteiger partial charge is 0.486 e. The van der Waals surface area contributed by atoms with Gasteiger partial charge in [0, 0.05) is 12.6 Å². The van der Waals surface area contributed by atoms with E-state index in [1.54, 1.807) is 24.3 Å². The second-order valence-corrected chi connectivity index (χ2v) is 8.23. The summed E-state index contributed by atoms with van der Waals surface area (Å²) in [6, 6.07) is 15.0. The molecule has 1 heterocycles. The fraction of sp³-hybridized carbons (Fsp3) is 0.304. The van der Waals surface area contributed by atoms with E-state index in [9.17, 15) is 4.79 Å². The van der Waals surface area contributed by atoms with Gasteiger partial charge in [0.2, 0.25) is 0 Å². The molecule has 6 nitrogen and oxygen atoms in total. The number of nitrogens with zero attached hydrogens (tertiary/aromatic N) is 4. The first-order valence-corrected chi connectivity index (χ1v) is 10.9. The van der Waals surface area contributed by atoms with E-state index in [1.807, 2.05) is 23.8 Å². The maximum atomic E-state index is 12.4. The molecule has 0 aliphatic heterocycles. The van der Waals surface area contributed by atoms with E-state index in [1.165, 1.54) is 35.7 Å². The maximum absolute atomic E-state index is 12.4. The molecule has 0 atom stereocenters. The minimum absolute atomic E-state index is 0.0145. The van der Waals surface area contributed by atoms with Crippen LogP contribution < -0.4 is 4.74 Å². The standard InChI is InChI=1S/C23H22N4O2S/c1-27-22(14-29-20-11-10-17-4-2-3-5-19(17)12-20)25-26-23(27)30-15-21(28)18-8-6-16(13-24)7-9-18/h6-12H,2-5,14-15H2,1H3. The van der Waals surface area contributed by atoms with E-state index < -0.39 is 0 Å². The minimum atomic E-state index is -0.0145. The molecule has 0 saturated carbocycles. The van der Waals surface area contributed by atoms with Crippen LogP contribution in [0.15, 0.2) is 47.6 Å². The molecule has 2 aromatic carbocycles. The molecule has 152 valence electrons. The molecule has 30 heavy (non-hydrogen) atoms. The number of ether oxygens (including phenoxy) is 1. The molecule has 3 aromatic rings. The lowest BCUT2D eigenvalue weighted by Crippen LogP contribution is -2.07. The summed E-state index contributed by atoms with van der Waals surface area (Å²) in [7, 11) is 1.88. The Labute approximate surface area is 179 Å². The van der Waals surface area contributed by atoms with Crippen LogP contribution in [0.2, 0.25) is 0 Å². The molecule has 0 unspecified atom stereocenters. The Morgan fingerprint density at radius 1 is 1.13 bits per heavy atom. The highest BCUT2D eigenvalue weighted by Crippen LogP contribution is 2.26. The van der Waals surface area contributed by atoms with E-state index in [0.29, 0.717) is 28.7 Å². The quantitative estimate of drug-likeness (QED) is 0.424. The van der Waals surface area contributed by atoms with Gasteiger partial charge >= 0.3 is 0 Å². The van der Waals surface area contributed by atoms with Crippen molar-refractivity contribution in [1.82, 2.24) is 14.8 Å². The smallest absolute Gasteiger partial charge is 0.191 e. The second-order valence-electron chi connectivity index (χ2n) is 7.29. The van der Waals surface area contributed by atoms with Crippen molar-refractivity contribution >= 4 is 17.5 Å². The third-order valence-electron chi connectivity index (χ3n) is 5.28. The predicted molar refractivity (Wildman–Crippen MR) is 115 cm³/mol. The first-order valence-electron chi connectivity index (χ1n) is 9.93. The summed E-state index contributed by atoms with van der Waals surface area (Å²) in [5.41, 5.74) is 3.93. The van der Waals surface area contributed by atoms with Crippen molar-refractivity contribution in [3.63, 3.8) is 0 Å². The number of nitriles is 1. The summed E-state index contributed by atoms with van der Waals surface area (Å²) in [4.78, 5) is 12.4. The van der Waals surface area contributed by atoms with Gasteiger partial charge in [-0.05, 0) is 61.1 Å². The Morgan fingerprint density at radius 2 is 1.90 bits per heavy atom. The number of benzene rings is 2. The van der Waals surface area contributed by atoms with Gasteiger partial charge in [0.1, 0.15) is 12.4 Å². The lowest BCUT2D eigenvalue weighted by atomic mass is 9.92. The summed E-state index contributed by atoms with van der Waals surface area (Å²) >= 11 is 1.34. The number of carbonyl (C=O) groups is 1. The zero-order valence-corrected chi connectivity index (χ0v) is 17.6. The highest BCUT2D eigenvalue weighted by molar-refractivity contribution is 7.99. The number of fused-ring (bicyclic) bond motifs is 1. The Morgan fingerprint density at radius 3 is 2.67 bits per heavy atom. The average Bonchev–Trinajstić information content (AvgIpc) is 3.15. The monoisotopic (exact) mass is 418 g/mol. The molecule has 4 rings (SSSR count). The number of Topliss-reactive ketones (excluding diaryl/α,β-unsaturated/α-hetero) is 1. The summed E-state index contributed by atoms with van der Waals surface area (Å²) in [6.45, 7) is 0.326. The molecule has 0 bridgehead atoms. The van der Waals surface area contributed by atoms with Gasteiger partial charge < -0.3 is 9.30 Å². The van der Waals surface area contributed by atoms with Gasteiger partial charge in [0.15, 0.2) is 16.8 Å². The maximum Gasteiger partial charge on any atom is 0.191 e. The molecule has 0 radical (unpaired) electrons. The van der Waals surface area contributed by atoms with Crippen LogP contribution in [0.5, 0.6) is 5.75 Å². The fourth-order valence-corrected chi connectivity index (χ4v) is 4.31. The number of thioether (sulfide) groups is 1. The van der Waals surface area contributed by atoms with Gasteiger partial charge in [-0.15, -0.1) is 10.2 Å². The Balaban J connectivity index is 1.34. The van der Waals surface area contributed by atoms with Gasteiger partial charge in [0.25, 0.3) is 0 Å². The van der Waals surface area contributed by atoms with Crippen molar-refractivity contribution in [2.45, 2.75) is 37.4 Å². The summed E-state index contributed by atoms with van der Waals surface area (Å²) in [5.74, 6) is 1.80. The van der Waals surface area contributed by atoms with Gasteiger partial charge in [-0.3, -0.25) is 4.79 Å². The normalized spacial score (nSPS) is 12.8. The first-order chi connectivity index (χ1) is 14.6. The number of hydrogen-bond acceptors (Lipinski definition) is 6. The van der Waals surface area contributed by atoms with Crippen LogP contribution in [0.25, 0.3) is 0 Å². The molecule has 0 saturated heterocycles. The van der Waals surface area contributed by atoms with E-state index in [-0.39, 0.29) is 11.5 Å². The molecule has 7 heteroatoms. The van der Waals surface area contributed by atoms with Crippen LogP contribution in [0.3, 0.4) is 0 Å². The second kappa shape index (κ2) is 9.14. The number of aromatic nitrogens is 3. The van der Waals surface area contributed by atoms with Crippen molar-refractivity contribution in [2.24, 2.45) is 7.05 Å². The third kappa shape index (κ3) is 4.55. The van der Waals surface area contributed by atoms with Crippen LogP contribution in [-0.4, -0.2) is 26.3 Å². The Kier molecular flexibility index (Phi) is 6.15. The van der Waals surface area contributed by atoms with Crippen LogP contribution in [0, 0.1) is 11.3 Å². The molecule has 0 fully saturated rings. The number of ketones is 1. The zero-order valence-electron chi connectivity index (χ0n) is 16.8. The van der Waals surface area contributed by atoms with Crippen LogP contribution in [0.1, 0.15) is 45.7 Å². The lowest BCUT2D eigenvalue weighted by Gasteiger charge is -2.16. The number of carbonyl (C=O) groups excluding carboxylic acids is 1. The number of rotatable bonds is 7. The molecular weight excluding hydrogens is 396 g/mol. The average molecular weight is 419 g/mol. The molecule has 0 amide bonds. The van der Waals surface area contributed by atoms with Crippen LogP contribution >= 0.6 is 11.8 Å². The summed E-state index contributed by atoms with van der Waals surface area (Å²) < 4.78 is 7.80. The summed E-state index contributed by atoms with van der Waals surface area (Å²) in [6.07, 6.45) is 4.77. The van der Waals surface area contributed by atoms with E-state index >= 15 is 0 Å². The third-order valence-corrected chi connectivity index (χ3v) is 6.30. The lowest BCUT2D eigenvalue weighted by molar-refractivity contribution is 0.102. The first kappa shape index (κ1) is 20.2. The Bertz CT molecular complexity index is 1100. The van der Waals surface area contributed by atoms with Gasteiger partial charge in [0.05, 0.1) is 17.4 Å². The zero-order chi connectivity index (χ0) is 20.9. The number of aryl methyl sites for hydroxylation is 2. The van der Waals surface area contributed by atoms with Crippen LogP contribution in [0.4, 0.5) is 0 Å². The van der Waals surface area contributed by atoms with Crippen LogP contribution in [-0.2, 0) is 26.5 Å². The van der Waals surface area contributed by atoms with Gasteiger partial charge in [-0.1, -0.05) is 30.0 Å². The number of hydrogen-bond donors (Lipinski definition) is 0. The SMILES string of the molecule is Cn1c(COc2ccc3c(c2)CCCC3)nnc1SCC(=O)c1ccc(C#N)cc1. The topological polar surface area (TPSA) is 80.8 Å². The Hall–Kier alpha value is -3.11. The predicted octanol–water partition coefficient (Wildman–Crippen LogP) is 4.12. The van der Waals surface area contributed by atoms with Crippen molar-refractivity contribution < 1.29 is 9.53 Å². The van der Waals surface area contributed by atoms with Crippen molar-refractivity contribution in [3.05, 3.63) is 70.5 Å². The summed E-state index contributed by atoms with van der Waals surface area (Å²) in [5, 5.41) is 17.9. The fourth-order valence-electron chi connectivity index (χ4n) is 3.49. The van der Waals surface area contributed by atoms with Crippen molar-refractivity contribution in [2.75, 3.05) is 5.75 Å². The minimum Gasteiger partial charge on any atom is -0.486 e. The van der Waals surface area contributed by atoms with Crippen molar-refractivity contribution in [3.8, 4) is 11.8 Å². The van der Waals surface area contributed by atoms with E-state index in [2.05, 4.69) is 22.3 Å². The molecular formula is C23H22N4O2S. The molecule has 1 aliphatic carbocycles. The molecule has 0 spiro atoms. The highest BCUT2D eigenvalue weighted by Gasteiger charge is 2.14. The highest BCUT2D eigenvalue weighted by atomic mass is 32.2.